The first-order chi connectivity index (χ1) is 16.0. The van der Waals surface area contributed by atoms with Crippen LogP contribution in [0.15, 0.2) is 12.7 Å². The Labute approximate surface area is 211 Å². The standard InChI is InChI=1S/C26H55N2O5P/c1-10-12-13-14-15-16-25(29)17-19-30-20-24(27-33-26(7,8)9)21-32-34(31-18-11-2)28(22(3)4)23(5)6/h11,22-25,27,29H,2,10,12-21H2,1,3-9H3/t24-,25-,34?/m1/s1. The first-order valence-corrected chi connectivity index (χ1v) is 14.3. The molecule has 3 atom stereocenters. The van der Waals surface area contributed by atoms with Crippen LogP contribution in [0.3, 0.4) is 0 Å². The molecule has 0 aromatic carbocycles. The molecule has 34 heavy (non-hydrogen) atoms. The molecule has 0 spiro atoms. The number of hydrogen-bond acceptors (Lipinski definition) is 7. The summed E-state index contributed by atoms with van der Waals surface area (Å²) in [6.07, 6.45) is 8.97. The molecule has 0 aliphatic heterocycles. The maximum absolute atomic E-state index is 10.2. The number of aliphatic hydroxyl groups excluding tert-OH is 1. The molecule has 1 unspecified atom stereocenters. The highest BCUT2D eigenvalue weighted by Gasteiger charge is 2.28. The average molecular weight is 507 g/mol. The monoisotopic (exact) mass is 506 g/mol. The van der Waals surface area contributed by atoms with Gasteiger partial charge in [-0.25, -0.2) is 4.67 Å². The number of ether oxygens (including phenoxy) is 1. The third kappa shape index (κ3) is 18.2. The van der Waals surface area contributed by atoms with Crippen molar-refractivity contribution in [1.29, 1.82) is 0 Å². The van der Waals surface area contributed by atoms with Gasteiger partial charge < -0.3 is 18.9 Å². The van der Waals surface area contributed by atoms with E-state index >= 15 is 0 Å². The normalized spacial score (nSPS) is 15.3. The Hall–Kier alpha value is -0.110. The molecule has 0 heterocycles. The summed E-state index contributed by atoms with van der Waals surface area (Å²) >= 11 is 0. The summed E-state index contributed by atoms with van der Waals surface area (Å²) in [6, 6.07) is 0.407. The van der Waals surface area contributed by atoms with E-state index < -0.39 is 8.53 Å². The maximum Gasteiger partial charge on any atom is 0.259 e. The third-order valence-corrected chi connectivity index (χ3v) is 7.06. The minimum atomic E-state index is -1.25. The number of nitrogens with zero attached hydrogens (tertiary/aromatic N) is 1. The van der Waals surface area contributed by atoms with E-state index in [0.29, 0.717) is 32.8 Å². The fourth-order valence-corrected chi connectivity index (χ4v) is 5.00. The Bertz CT molecular complexity index is 480. The van der Waals surface area contributed by atoms with Gasteiger partial charge in [0.2, 0.25) is 0 Å². The van der Waals surface area contributed by atoms with Crippen molar-refractivity contribution < 1.29 is 23.7 Å². The summed E-state index contributed by atoms with van der Waals surface area (Å²) < 4.78 is 20.4. The fourth-order valence-electron chi connectivity index (χ4n) is 3.36. The van der Waals surface area contributed by atoms with Crippen LogP contribution in [0.5, 0.6) is 0 Å². The van der Waals surface area contributed by atoms with Gasteiger partial charge in [-0.1, -0.05) is 45.1 Å². The van der Waals surface area contributed by atoms with Crippen LogP contribution in [-0.4, -0.2) is 66.0 Å². The van der Waals surface area contributed by atoms with Gasteiger partial charge >= 0.3 is 0 Å². The number of hydrogen-bond donors (Lipinski definition) is 2. The van der Waals surface area contributed by atoms with Crippen LogP contribution in [0.4, 0.5) is 0 Å². The molecule has 0 aliphatic carbocycles. The largest absolute Gasteiger partial charge is 0.393 e. The SMILES string of the molecule is C=CCOP(OC[C@@H](COCC[C@H](O)CCCCCCC)NOC(C)(C)C)N(C(C)C)C(C)C. The second-order valence-electron chi connectivity index (χ2n) is 10.4. The van der Waals surface area contributed by atoms with Gasteiger partial charge in [0.25, 0.3) is 8.53 Å². The molecular weight excluding hydrogens is 451 g/mol. The van der Waals surface area contributed by atoms with Crippen LogP contribution < -0.4 is 5.48 Å². The molecule has 0 bridgehead atoms. The zero-order valence-electron chi connectivity index (χ0n) is 23.3. The molecule has 0 rings (SSSR count). The first-order valence-electron chi connectivity index (χ1n) is 13.2. The molecule has 0 aromatic heterocycles. The summed E-state index contributed by atoms with van der Waals surface area (Å²) in [5.74, 6) is 0. The van der Waals surface area contributed by atoms with Crippen molar-refractivity contribution in [3.05, 3.63) is 12.7 Å². The Balaban J connectivity index is 4.72. The molecule has 0 saturated heterocycles. The zero-order valence-corrected chi connectivity index (χ0v) is 24.2. The molecule has 0 radical (unpaired) electrons. The summed E-state index contributed by atoms with van der Waals surface area (Å²) in [5.41, 5.74) is 2.78. The molecule has 2 N–H and O–H groups in total. The Morgan fingerprint density at radius 2 is 1.62 bits per heavy atom. The summed E-state index contributed by atoms with van der Waals surface area (Å²) in [7, 11) is -1.25. The number of aliphatic hydroxyl groups is 1. The molecular formula is C26H55N2O5P. The topological polar surface area (TPSA) is 72.4 Å². The second kappa shape index (κ2) is 20.0. The predicted octanol–water partition coefficient (Wildman–Crippen LogP) is 6.37. The molecule has 0 fully saturated rings. The van der Waals surface area contributed by atoms with Gasteiger partial charge in [-0.15, -0.1) is 6.58 Å². The lowest BCUT2D eigenvalue weighted by atomic mass is 10.1. The van der Waals surface area contributed by atoms with Gasteiger partial charge in [-0.2, -0.15) is 5.48 Å². The number of nitrogens with one attached hydrogen (secondary N) is 1. The molecule has 0 saturated carbocycles. The van der Waals surface area contributed by atoms with Crippen LogP contribution >= 0.6 is 8.53 Å². The highest BCUT2D eigenvalue weighted by Crippen LogP contribution is 2.45. The quantitative estimate of drug-likeness (QED) is 0.0765. The van der Waals surface area contributed by atoms with Crippen LogP contribution in [0, 0.1) is 0 Å². The van der Waals surface area contributed by atoms with Gasteiger partial charge in [-0.3, -0.25) is 4.84 Å². The smallest absolute Gasteiger partial charge is 0.259 e. The van der Waals surface area contributed by atoms with E-state index in [0.717, 1.165) is 12.8 Å². The van der Waals surface area contributed by atoms with E-state index in [-0.39, 0.29) is 29.8 Å². The van der Waals surface area contributed by atoms with Crippen LogP contribution in [0.1, 0.15) is 100 Å². The van der Waals surface area contributed by atoms with E-state index in [1.165, 1.54) is 25.7 Å². The van der Waals surface area contributed by atoms with Crippen LogP contribution in [0.25, 0.3) is 0 Å². The maximum atomic E-state index is 10.2. The van der Waals surface area contributed by atoms with E-state index in [4.69, 9.17) is 18.6 Å². The lowest BCUT2D eigenvalue weighted by molar-refractivity contribution is -0.105. The van der Waals surface area contributed by atoms with Crippen molar-refractivity contribution in [1.82, 2.24) is 10.2 Å². The highest BCUT2D eigenvalue weighted by atomic mass is 31.2. The molecule has 7 nitrogen and oxygen atoms in total. The van der Waals surface area contributed by atoms with Gasteiger partial charge in [0.15, 0.2) is 0 Å². The molecule has 0 amide bonds. The Morgan fingerprint density at radius 3 is 2.18 bits per heavy atom. The highest BCUT2D eigenvalue weighted by molar-refractivity contribution is 7.44. The van der Waals surface area contributed by atoms with E-state index in [2.05, 4.69) is 51.3 Å². The molecule has 0 aliphatic rings. The van der Waals surface area contributed by atoms with Crippen LogP contribution in [-0.2, 0) is 18.6 Å². The van der Waals surface area contributed by atoms with Crippen molar-refractivity contribution in [3.63, 3.8) is 0 Å². The number of hydroxylamine groups is 1. The molecule has 8 heteroatoms. The van der Waals surface area contributed by atoms with Gasteiger partial charge in [-0.05, 0) is 61.3 Å². The lowest BCUT2D eigenvalue weighted by Gasteiger charge is -2.36. The number of rotatable bonds is 22. The van der Waals surface area contributed by atoms with Crippen LogP contribution in [0.2, 0.25) is 0 Å². The predicted molar refractivity (Wildman–Crippen MR) is 144 cm³/mol. The van der Waals surface area contributed by atoms with Crippen molar-refractivity contribution in [2.24, 2.45) is 0 Å². The lowest BCUT2D eigenvalue weighted by Crippen LogP contribution is -2.43. The average Bonchev–Trinajstić information content (AvgIpc) is 2.74. The third-order valence-electron chi connectivity index (χ3n) is 5.02. The van der Waals surface area contributed by atoms with Crippen molar-refractivity contribution in [2.45, 2.75) is 130 Å². The van der Waals surface area contributed by atoms with Crippen molar-refractivity contribution in [2.75, 3.05) is 26.4 Å². The number of unbranched alkanes of at least 4 members (excludes halogenated alkanes) is 4. The Morgan fingerprint density at radius 1 is 0.971 bits per heavy atom. The zero-order chi connectivity index (χ0) is 26.0. The van der Waals surface area contributed by atoms with Gasteiger partial charge in [0.1, 0.15) is 0 Å². The minimum Gasteiger partial charge on any atom is -0.393 e. The molecule has 204 valence electrons. The summed E-state index contributed by atoms with van der Waals surface area (Å²) in [5, 5.41) is 10.2. The minimum absolute atomic E-state index is 0.163. The van der Waals surface area contributed by atoms with Crippen molar-refractivity contribution >= 4 is 8.53 Å². The second-order valence-corrected chi connectivity index (χ2v) is 11.9. The first kappa shape index (κ1) is 33.9. The summed E-state index contributed by atoms with van der Waals surface area (Å²) in [6.45, 7) is 22.3. The van der Waals surface area contributed by atoms with E-state index in [1.54, 1.807) is 6.08 Å². The fraction of sp³-hybridized carbons (Fsp3) is 0.923. The van der Waals surface area contributed by atoms with Crippen molar-refractivity contribution in [3.8, 4) is 0 Å². The van der Waals surface area contributed by atoms with E-state index in [1.807, 2.05) is 20.8 Å². The Kier molecular flexibility index (Phi) is 19.9. The van der Waals surface area contributed by atoms with Gasteiger partial charge in [0, 0.05) is 18.7 Å². The van der Waals surface area contributed by atoms with Gasteiger partial charge in [0.05, 0.1) is 37.6 Å². The summed E-state index contributed by atoms with van der Waals surface area (Å²) in [4.78, 5) is 5.80. The van der Waals surface area contributed by atoms with E-state index in [9.17, 15) is 5.11 Å². The molecule has 0 aromatic rings.